The second kappa shape index (κ2) is 9.42. The number of carbonyl (C=O) groups excluding carboxylic acids is 1. The highest BCUT2D eigenvalue weighted by Crippen LogP contribution is 2.12. The Morgan fingerprint density at radius 1 is 1.41 bits per heavy atom. The fraction of sp³-hybridized carbons (Fsp3) is 0.923. The number of rotatable bonds is 6. The van der Waals surface area contributed by atoms with Crippen molar-refractivity contribution >= 4 is 5.91 Å². The van der Waals surface area contributed by atoms with Gasteiger partial charge in [-0.1, -0.05) is 27.2 Å². The zero-order valence-electron chi connectivity index (χ0n) is 11.8. The molecule has 1 aliphatic rings. The van der Waals surface area contributed by atoms with Crippen LogP contribution in [0.2, 0.25) is 0 Å². The van der Waals surface area contributed by atoms with Crippen LogP contribution in [0.4, 0.5) is 0 Å². The Hall–Kier alpha value is -0.610. The van der Waals surface area contributed by atoms with E-state index in [1.807, 2.05) is 13.8 Å². The van der Waals surface area contributed by atoms with Crippen LogP contribution in [-0.2, 0) is 4.79 Å². The van der Waals surface area contributed by atoms with E-state index in [0.717, 1.165) is 25.9 Å². The third-order valence-corrected chi connectivity index (χ3v) is 3.01. The van der Waals surface area contributed by atoms with Crippen LogP contribution in [0.15, 0.2) is 0 Å². The van der Waals surface area contributed by atoms with Crippen LogP contribution < -0.4 is 11.1 Å². The molecule has 102 valence electrons. The molecule has 1 fully saturated rings. The number of unbranched alkanes of at least 4 members (excludes halogenated alkanes) is 1. The summed E-state index contributed by atoms with van der Waals surface area (Å²) in [5.74, 6) is -0.214. The van der Waals surface area contributed by atoms with Gasteiger partial charge in [0.15, 0.2) is 0 Å². The number of carbonyl (C=O) groups is 1. The van der Waals surface area contributed by atoms with Crippen LogP contribution in [0.25, 0.3) is 0 Å². The summed E-state index contributed by atoms with van der Waals surface area (Å²) in [7, 11) is 2.13. The summed E-state index contributed by atoms with van der Waals surface area (Å²) in [6.45, 7) is 8.35. The molecule has 1 heterocycles. The molecule has 4 nitrogen and oxygen atoms in total. The molecule has 0 aromatic carbocycles. The fourth-order valence-corrected chi connectivity index (χ4v) is 2.08. The Bertz CT molecular complexity index is 209. The molecule has 0 bridgehead atoms. The van der Waals surface area contributed by atoms with Gasteiger partial charge in [0.1, 0.15) is 0 Å². The summed E-state index contributed by atoms with van der Waals surface area (Å²) in [4.78, 5) is 13.3. The molecule has 0 spiro atoms. The van der Waals surface area contributed by atoms with E-state index in [1.165, 1.54) is 12.8 Å². The maximum Gasteiger partial charge on any atom is 0.234 e. The van der Waals surface area contributed by atoms with E-state index in [-0.39, 0.29) is 11.9 Å². The first-order valence-corrected chi connectivity index (χ1v) is 6.87. The zero-order chi connectivity index (χ0) is 13.3. The van der Waals surface area contributed by atoms with E-state index in [9.17, 15) is 4.79 Å². The smallest absolute Gasteiger partial charge is 0.234 e. The van der Waals surface area contributed by atoms with Crippen LogP contribution in [0.1, 0.15) is 46.5 Å². The average molecular weight is 243 g/mol. The van der Waals surface area contributed by atoms with Gasteiger partial charge in [-0.05, 0) is 32.9 Å². The summed E-state index contributed by atoms with van der Waals surface area (Å²) < 4.78 is 0. The largest absolute Gasteiger partial charge is 0.368 e. The van der Waals surface area contributed by atoms with Crippen molar-refractivity contribution in [2.45, 2.75) is 58.5 Å². The van der Waals surface area contributed by atoms with Gasteiger partial charge < -0.3 is 16.0 Å². The van der Waals surface area contributed by atoms with Crippen molar-refractivity contribution in [3.63, 3.8) is 0 Å². The third-order valence-electron chi connectivity index (χ3n) is 3.01. The summed E-state index contributed by atoms with van der Waals surface area (Å²) in [6, 6.07) is 0.332. The predicted octanol–water partition coefficient (Wildman–Crippen LogP) is 1.35. The molecule has 0 aromatic rings. The molecule has 3 N–H and O–H groups in total. The van der Waals surface area contributed by atoms with E-state index in [1.54, 1.807) is 0 Å². The van der Waals surface area contributed by atoms with Gasteiger partial charge in [0.25, 0.3) is 0 Å². The summed E-state index contributed by atoms with van der Waals surface area (Å²) in [6.07, 6.45) is 4.42. The van der Waals surface area contributed by atoms with Gasteiger partial charge in [-0.25, -0.2) is 0 Å². The van der Waals surface area contributed by atoms with Gasteiger partial charge in [-0.2, -0.15) is 0 Å². The quantitative estimate of drug-likeness (QED) is 0.740. The van der Waals surface area contributed by atoms with Gasteiger partial charge in [0, 0.05) is 12.6 Å². The van der Waals surface area contributed by atoms with Crippen molar-refractivity contribution in [3.05, 3.63) is 0 Å². The Morgan fingerprint density at radius 2 is 2.06 bits per heavy atom. The molecule has 1 aliphatic heterocycles. The van der Waals surface area contributed by atoms with Crippen LogP contribution in [0, 0.1) is 0 Å². The fourth-order valence-electron chi connectivity index (χ4n) is 2.08. The Morgan fingerprint density at radius 3 is 2.53 bits per heavy atom. The summed E-state index contributed by atoms with van der Waals surface area (Å²) in [5, 5.41) is 3.28. The minimum Gasteiger partial charge on any atom is -0.368 e. The lowest BCUT2D eigenvalue weighted by Gasteiger charge is -2.21. The van der Waals surface area contributed by atoms with Crippen molar-refractivity contribution in [2.24, 2.45) is 5.73 Å². The van der Waals surface area contributed by atoms with Crippen molar-refractivity contribution < 1.29 is 4.79 Å². The molecule has 2 atom stereocenters. The Labute approximate surface area is 106 Å². The molecule has 0 saturated carbocycles. The van der Waals surface area contributed by atoms with Crippen LogP contribution in [0.3, 0.4) is 0 Å². The monoisotopic (exact) mass is 243 g/mol. The first-order chi connectivity index (χ1) is 8.13. The number of nitrogens with two attached hydrogens (primary N) is 1. The number of amides is 1. The van der Waals surface area contributed by atoms with Gasteiger partial charge in [0.2, 0.25) is 5.91 Å². The van der Waals surface area contributed by atoms with E-state index in [4.69, 9.17) is 5.73 Å². The lowest BCUT2D eigenvalue weighted by Crippen LogP contribution is -2.43. The highest BCUT2D eigenvalue weighted by atomic mass is 16.1. The number of hydrogen-bond acceptors (Lipinski definition) is 3. The van der Waals surface area contributed by atoms with Crippen LogP contribution in [0.5, 0.6) is 0 Å². The van der Waals surface area contributed by atoms with Crippen molar-refractivity contribution in [1.29, 1.82) is 0 Å². The average Bonchev–Trinajstić information content (AvgIpc) is 2.77. The minimum atomic E-state index is -0.214. The van der Waals surface area contributed by atoms with E-state index in [2.05, 4.69) is 24.2 Å². The molecular formula is C13H29N3O. The van der Waals surface area contributed by atoms with Gasteiger partial charge >= 0.3 is 0 Å². The first-order valence-electron chi connectivity index (χ1n) is 6.87. The molecule has 1 saturated heterocycles. The maximum absolute atomic E-state index is 11.0. The number of likely N-dealkylation sites (N-methyl/N-ethyl adjacent to an activating group) is 1. The second-order valence-electron chi connectivity index (χ2n) is 4.51. The van der Waals surface area contributed by atoms with E-state index >= 15 is 0 Å². The molecule has 0 aliphatic carbocycles. The third kappa shape index (κ3) is 6.64. The molecule has 17 heavy (non-hydrogen) atoms. The van der Waals surface area contributed by atoms with Gasteiger partial charge in [-0.15, -0.1) is 0 Å². The van der Waals surface area contributed by atoms with E-state index < -0.39 is 0 Å². The topological polar surface area (TPSA) is 58.4 Å². The van der Waals surface area contributed by atoms with Crippen molar-refractivity contribution in [3.8, 4) is 0 Å². The van der Waals surface area contributed by atoms with Gasteiger partial charge in [-0.3, -0.25) is 4.79 Å². The van der Waals surface area contributed by atoms with Crippen LogP contribution in [-0.4, -0.2) is 43.0 Å². The number of nitrogens with one attached hydrogen (secondary N) is 1. The van der Waals surface area contributed by atoms with E-state index in [0.29, 0.717) is 6.04 Å². The molecule has 0 aromatic heterocycles. The lowest BCUT2D eigenvalue weighted by atomic mass is 10.2. The highest BCUT2D eigenvalue weighted by molar-refractivity contribution is 5.80. The number of nitrogens with zero attached hydrogens (tertiary/aromatic N) is 1. The minimum absolute atomic E-state index is 0.102. The summed E-state index contributed by atoms with van der Waals surface area (Å²) >= 11 is 0. The zero-order valence-corrected chi connectivity index (χ0v) is 11.8. The number of hydrogen-bond donors (Lipinski definition) is 2. The molecular weight excluding hydrogens is 214 g/mol. The maximum atomic E-state index is 11.0. The first kappa shape index (κ1) is 16.4. The van der Waals surface area contributed by atoms with Crippen molar-refractivity contribution in [1.82, 2.24) is 10.2 Å². The standard InChI is InChI=1S/C11H23N3O.C2H6/c1-3-4-7-14(2)8-9-5-6-10(13-9)11(12)15;1-2/h9-10,13H,3-8H2,1-2H3,(H2,12,15);1-2H3. The lowest BCUT2D eigenvalue weighted by molar-refractivity contribution is -0.119. The normalized spacial score (nSPS) is 23.4. The molecule has 0 radical (unpaired) electrons. The SMILES string of the molecule is CC.CCCCN(C)CC1CCC(C(N)=O)N1. The molecule has 2 unspecified atom stereocenters. The summed E-state index contributed by atoms with van der Waals surface area (Å²) in [5.41, 5.74) is 5.26. The molecule has 4 heteroatoms. The van der Waals surface area contributed by atoms with Crippen LogP contribution >= 0.6 is 0 Å². The Kier molecular flexibility index (Phi) is 9.09. The van der Waals surface area contributed by atoms with Gasteiger partial charge in [0.05, 0.1) is 6.04 Å². The van der Waals surface area contributed by atoms with Crippen molar-refractivity contribution in [2.75, 3.05) is 20.1 Å². The molecule has 1 amide bonds. The second-order valence-corrected chi connectivity index (χ2v) is 4.51. The number of primary amides is 1. The molecule has 1 rings (SSSR count). The highest BCUT2D eigenvalue weighted by Gasteiger charge is 2.27. The predicted molar refractivity (Wildman–Crippen MR) is 72.9 cm³/mol. The Balaban J connectivity index is 0.00000121.